The lowest BCUT2D eigenvalue weighted by Gasteiger charge is -2.28. The second kappa shape index (κ2) is 7.64. The molecule has 3 aromatic rings. The van der Waals surface area contributed by atoms with E-state index in [0.717, 1.165) is 12.1 Å². The Bertz CT molecular complexity index is 1340. The highest BCUT2D eigenvalue weighted by Gasteiger charge is 2.43. The quantitative estimate of drug-likeness (QED) is 0.563. The monoisotopic (exact) mass is 477 g/mol. The number of ether oxygens (including phenoxy) is 2. The Kier molecular flexibility index (Phi) is 4.84. The third-order valence-corrected chi connectivity index (χ3v) is 5.36. The molecule has 0 saturated carbocycles. The number of fused-ring (bicyclic) bond motifs is 2. The van der Waals surface area contributed by atoms with Gasteiger partial charge in [-0.2, -0.15) is 5.10 Å². The van der Waals surface area contributed by atoms with Gasteiger partial charge >= 0.3 is 12.3 Å². The Morgan fingerprint density at radius 3 is 2.53 bits per heavy atom. The summed E-state index contributed by atoms with van der Waals surface area (Å²) in [4.78, 5) is 26.4. The molecule has 0 radical (unpaired) electrons. The lowest BCUT2D eigenvalue weighted by Crippen LogP contribution is -2.41. The fourth-order valence-corrected chi connectivity index (χ4v) is 3.82. The van der Waals surface area contributed by atoms with Crippen molar-refractivity contribution in [3.63, 3.8) is 0 Å². The van der Waals surface area contributed by atoms with Crippen LogP contribution in [0.15, 0.2) is 36.4 Å². The molecular formula is C21H15F4N5O4. The third-order valence-electron chi connectivity index (χ3n) is 5.36. The molecule has 0 atom stereocenters. The second-order valence-electron chi connectivity index (χ2n) is 7.57. The standard InChI is InChI=1S/C21H15F4N5O4/c22-12-3-1-10(7-13(12)23)18-17(19(26)31)14-9-29(5-6-30(14)28-18)20(32)27-11-2-4-15-16(8-11)34-21(24,25)33-15/h1-4,7-8H,5-6,9H2,(H2,26,31)(H,27,32). The molecule has 0 saturated heterocycles. The molecule has 1 aromatic heterocycles. The van der Waals surface area contributed by atoms with E-state index in [1.54, 1.807) is 0 Å². The highest BCUT2D eigenvalue weighted by molar-refractivity contribution is 6.00. The molecule has 0 bridgehead atoms. The van der Waals surface area contributed by atoms with Crippen molar-refractivity contribution in [3.8, 4) is 22.8 Å². The second-order valence-corrected chi connectivity index (χ2v) is 7.57. The van der Waals surface area contributed by atoms with Crippen LogP contribution in [-0.2, 0) is 13.1 Å². The minimum atomic E-state index is -3.79. The number of nitrogens with zero attached hydrogens (tertiary/aromatic N) is 3. The van der Waals surface area contributed by atoms with E-state index in [1.807, 2.05) is 0 Å². The van der Waals surface area contributed by atoms with Gasteiger partial charge in [0.15, 0.2) is 23.1 Å². The van der Waals surface area contributed by atoms with Gasteiger partial charge in [0, 0.05) is 23.9 Å². The Morgan fingerprint density at radius 1 is 1.03 bits per heavy atom. The SMILES string of the molecule is NC(=O)c1c(-c2ccc(F)c(F)c2)nn2c1CN(C(=O)Nc1ccc3c(c1)OC(F)(F)O3)CC2. The first kappa shape index (κ1) is 21.6. The Balaban J connectivity index is 1.39. The van der Waals surface area contributed by atoms with E-state index in [2.05, 4.69) is 19.9 Å². The number of hydrogen-bond acceptors (Lipinski definition) is 5. The molecule has 0 aliphatic carbocycles. The number of carbonyl (C=O) groups is 2. The van der Waals surface area contributed by atoms with Crippen molar-refractivity contribution in [3.05, 3.63) is 59.3 Å². The number of rotatable bonds is 3. The van der Waals surface area contributed by atoms with E-state index >= 15 is 0 Å². The van der Waals surface area contributed by atoms with Crippen molar-refractivity contribution in [1.82, 2.24) is 14.7 Å². The van der Waals surface area contributed by atoms with Gasteiger partial charge in [0.05, 0.1) is 24.3 Å². The first-order valence-electron chi connectivity index (χ1n) is 9.92. The van der Waals surface area contributed by atoms with Crippen LogP contribution in [0.5, 0.6) is 11.5 Å². The molecule has 34 heavy (non-hydrogen) atoms. The number of nitrogens with two attached hydrogens (primary N) is 1. The van der Waals surface area contributed by atoms with Crippen LogP contribution >= 0.6 is 0 Å². The number of amides is 3. The number of halogens is 4. The molecule has 5 rings (SSSR count). The van der Waals surface area contributed by atoms with Crippen molar-refractivity contribution in [2.24, 2.45) is 5.73 Å². The number of nitrogens with one attached hydrogen (secondary N) is 1. The van der Waals surface area contributed by atoms with Gasteiger partial charge in [0.25, 0.3) is 5.91 Å². The van der Waals surface area contributed by atoms with E-state index in [-0.39, 0.29) is 53.6 Å². The molecule has 176 valence electrons. The lowest BCUT2D eigenvalue weighted by atomic mass is 10.0. The molecule has 0 spiro atoms. The van der Waals surface area contributed by atoms with Crippen LogP contribution in [0.25, 0.3) is 11.3 Å². The molecule has 9 nitrogen and oxygen atoms in total. The number of primary amides is 1. The Labute approximate surface area is 188 Å². The predicted octanol–water partition coefficient (Wildman–Crippen LogP) is 3.30. The number of anilines is 1. The molecule has 3 heterocycles. The summed E-state index contributed by atoms with van der Waals surface area (Å²) in [6.07, 6.45) is -3.79. The van der Waals surface area contributed by atoms with Crippen molar-refractivity contribution in [2.45, 2.75) is 19.4 Å². The zero-order valence-corrected chi connectivity index (χ0v) is 17.1. The van der Waals surface area contributed by atoms with Crippen LogP contribution in [0.4, 0.5) is 28.0 Å². The highest BCUT2D eigenvalue weighted by atomic mass is 19.3. The van der Waals surface area contributed by atoms with Gasteiger partial charge < -0.3 is 25.4 Å². The van der Waals surface area contributed by atoms with E-state index in [0.29, 0.717) is 5.69 Å². The van der Waals surface area contributed by atoms with Crippen LogP contribution in [0.2, 0.25) is 0 Å². The van der Waals surface area contributed by atoms with Gasteiger partial charge in [0.1, 0.15) is 5.69 Å². The number of aromatic nitrogens is 2. The van der Waals surface area contributed by atoms with Gasteiger partial charge in [-0.25, -0.2) is 13.6 Å². The summed E-state index contributed by atoms with van der Waals surface area (Å²) in [6, 6.07) is 6.30. The van der Waals surface area contributed by atoms with Gasteiger partial charge in [-0.1, -0.05) is 0 Å². The summed E-state index contributed by atoms with van der Waals surface area (Å²) in [5, 5.41) is 6.88. The molecule has 3 amide bonds. The summed E-state index contributed by atoms with van der Waals surface area (Å²) in [5.74, 6) is -3.41. The van der Waals surface area contributed by atoms with Crippen molar-refractivity contribution in [1.29, 1.82) is 0 Å². The first-order valence-corrected chi connectivity index (χ1v) is 9.92. The van der Waals surface area contributed by atoms with E-state index in [9.17, 15) is 27.2 Å². The number of hydrogen-bond donors (Lipinski definition) is 2. The maximum absolute atomic E-state index is 13.7. The third kappa shape index (κ3) is 3.74. The Hall–Kier alpha value is -4.29. The van der Waals surface area contributed by atoms with Gasteiger partial charge in [0.2, 0.25) is 0 Å². The Morgan fingerprint density at radius 2 is 1.79 bits per heavy atom. The summed E-state index contributed by atoms with van der Waals surface area (Å²) >= 11 is 0. The summed E-state index contributed by atoms with van der Waals surface area (Å²) in [5.41, 5.74) is 6.25. The average molecular weight is 477 g/mol. The molecule has 0 fully saturated rings. The maximum Gasteiger partial charge on any atom is 0.586 e. The van der Waals surface area contributed by atoms with Crippen LogP contribution in [0, 0.1) is 11.6 Å². The molecule has 2 aliphatic rings. The van der Waals surface area contributed by atoms with Crippen LogP contribution in [0.1, 0.15) is 16.1 Å². The van der Waals surface area contributed by atoms with E-state index in [4.69, 9.17) is 5.73 Å². The van der Waals surface area contributed by atoms with Gasteiger partial charge in [-0.05, 0) is 30.3 Å². The minimum Gasteiger partial charge on any atom is -0.395 e. The van der Waals surface area contributed by atoms with E-state index in [1.165, 1.54) is 33.8 Å². The first-order chi connectivity index (χ1) is 16.1. The number of carbonyl (C=O) groups excluding carboxylic acids is 2. The highest BCUT2D eigenvalue weighted by Crippen LogP contribution is 2.42. The van der Waals surface area contributed by atoms with Crippen molar-refractivity contribution >= 4 is 17.6 Å². The maximum atomic E-state index is 13.7. The van der Waals surface area contributed by atoms with Gasteiger partial charge in [-0.3, -0.25) is 9.48 Å². The van der Waals surface area contributed by atoms with Crippen LogP contribution in [0.3, 0.4) is 0 Å². The van der Waals surface area contributed by atoms with Gasteiger partial charge in [-0.15, -0.1) is 8.78 Å². The normalized spacial score (nSPS) is 15.7. The zero-order chi connectivity index (χ0) is 24.2. The number of urea groups is 1. The molecular weight excluding hydrogens is 462 g/mol. The molecule has 0 unspecified atom stereocenters. The predicted molar refractivity (Wildman–Crippen MR) is 108 cm³/mol. The fourth-order valence-electron chi connectivity index (χ4n) is 3.82. The number of benzene rings is 2. The fraction of sp³-hybridized carbons (Fsp3) is 0.190. The zero-order valence-electron chi connectivity index (χ0n) is 17.1. The summed E-state index contributed by atoms with van der Waals surface area (Å²) in [7, 11) is 0. The van der Waals surface area contributed by atoms with Crippen molar-refractivity contribution < 1.29 is 36.6 Å². The molecule has 2 aromatic carbocycles. The van der Waals surface area contributed by atoms with Crippen molar-refractivity contribution in [2.75, 3.05) is 11.9 Å². The van der Waals surface area contributed by atoms with Crippen LogP contribution < -0.4 is 20.5 Å². The minimum absolute atomic E-state index is 0.0196. The smallest absolute Gasteiger partial charge is 0.395 e. The number of alkyl halides is 2. The summed E-state index contributed by atoms with van der Waals surface area (Å²) < 4.78 is 63.7. The van der Waals surface area contributed by atoms with Crippen LogP contribution in [-0.4, -0.2) is 39.5 Å². The molecule has 13 heteroatoms. The molecule has 3 N–H and O–H groups in total. The average Bonchev–Trinajstić information content (AvgIpc) is 3.30. The molecule has 2 aliphatic heterocycles. The topological polar surface area (TPSA) is 112 Å². The largest absolute Gasteiger partial charge is 0.586 e. The lowest BCUT2D eigenvalue weighted by molar-refractivity contribution is -0.286. The van der Waals surface area contributed by atoms with E-state index < -0.39 is 29.9 Å². The summed E-state index contributed by atoms with van der Waals surface area (Å²) in [6.45, 7) is 0.321.